The van der Waals surface area contributed by atoms with Gasteiger partial charge >= 0.3 is 5.97 Å². The molecule has 0 unspecified atom stereocenters. The molecule has 0 aliphatic rings. The van der Waals surface area contributed by atoms with E-state index in [4.69, 9.17) is 9.47 Å². The number of amides is 1. The molecule has 29 heavy (non-hydrogen) atoms. The number of hydrogen-bond acceptors (Lipinski definition) is 4. The van der Waals surface area contributed by atoms with Crippen molar-refractivity contribution in [3.8, 4) is 17.6 Å². The average molecular weight is 393 g/mol. The van der Waals surface area contributed by atoms with Crippen molar-refractivity contribution >= 4 is 17.6 Å². The minimum absolute atomic E-state index is 0.0788. The van der Waals surface area contributed by atoms with Crippen LogP contribution in [0.15, 0.2) is 54.6 Å². The Hall–Kier alpha value is -3.26. The lowest BCUT2D eigenvalue weighted by Crippen LogP contribution is -2.31. The van der Waals surface area contributed by atoms with Crippen molar-refractivity contribution in [2.24, 2.45) is 0 Å². The van der Waals surface area contributed by atoms with E-state index in [0.717, 1.165) is 24.1 Å². The van der Waals surface area contributed by atoms with Crippen molar-refractivity contribution in [1.29, 1.82) is 0 Å². The second kappa shape index (κ2) is 12.2. The lowest BCUT2D eigenvalue weighted by atomic mass is 10.2. The zero-order valence-electron chi connectivity index (χ0n) is 17.0. The smallest absolute Gasteiger partial charge is 0.344 e. The Morgan fingerprint density at radius 2 is 1.72 bits per heavy atom. The first-order valence-electron chi connectivity index (χ1n) is 9.86. The van der Waals surface area contributed by atoms with Crippen LogP contribution in [0.25, 0.3) is 0 Å². The number of rotatable bonds is 9. The first-order chi connectivity index (χ1) is 14.1. The third-order valence-electron chi connectivity index (χ3n) is 4.10. The molecule has 0 heterocycles. The van der Waals surface area contributed by atoms with Gasteiger partial charge in [-0.15, -0.1) is 0 Å². The van der Waals surface area contributed by atoms with Gasteiger partial charge in [-0.05, 0) is 49.7 Å². The van der Waals surface area contributed by atoms with E-state index in [2.05, 4.69) is 18.8 Å². The monoisotopic (exact) mass is 393 g/mol. The Balaban J connectivity index is 1.99. The topological polar surface area (TPSA) is 55.8 Å². The molecule has 0 aliphatic carbocycles. The minimum Gasteiger partial charge on any atom is -0.482 e. The largest absolute Gasteiger partial charge is 0.482 e. The van der Waals surface area contributed by atoms with Gasteiger partial charge in [0.2, 0.25) is 5.91 Å². The lowest BCUT2D eigenvalue weighted by Gasteiger charge is -2.20. The number of nitrogens with zero attached hydrogens (tertiary/aromatic N) is 1. The van der Waals surface area contributed by atoms with Crippen LogP contribution in [-0.4, -0.2) is 31.6 Å². The predicted octanol–water partition coefficient (Wildman–Crippen LogP) is 4.20. The summed E-state index contributed by atoms with van der Waals surface area (Å²) in [7, 11) is 0. The van der Waals surface area contributed by atoms with Crippen LogP contribution in [0.5, 0.6) is 5.75 Å². The Kier molecular flexibility index (Phi) is 9.31. The molecule has 2 aromatic rings. The van der Waals surface area contributed by atoms with Crippen LogP contribution >= 0.6 is 0 Å². The molecule has 0 aromatic heterocycles. The van der Waals surface area contributed by atoms with E-state index in [1.54, 1.807) is 24.0 Å². The molecule has 0 radical (unpaired) electrons. The summed E-state index contributed by atoms with van der Waals surface area (Å²) in [6.07, 6.45) is 2.35. The number of carbonyl (C=O) groups is 2. The van der Waals surface area contributed by atoms with Crippen molar-refractivity contribution in [3.05, 3.63) is 60.2 Å². The summed E-state index contributed by atoms with van der Waals surface area (Å²) in [5.41, 5.74) is 1.66. The van der Waals surface area contributed by atoms with Crippen LogP contribution in [0.4, 0.5) is 5.69 Å². The second-order valence-corrected chi connectivity index (χ2v) is 6.34. The van der Waals surface area contributed by atoms with Crippen LogP contribution < -0.4 is 9.64 Å². The maximum atomic E-state index is 12.6. The molecular formula is C24H27NO4. The minimum atomic E-state index is -0.398. The fourth-order valence-corrected chi connectivity index (χ4v) is 2.59. The van der Waals surface area contributed by atoms with Gasteiger partial charge in [-0.2, -0.15) is 0 Å². The quantitative estimate of drug-likeness (QED) is 0.473. The summed E-state index contributed by atoms with van der Waals surface area (Å²) in [5.74, 6) is 6.42. The van der Waals surface area contributed by atoms with E-state index in [9.17, 15) is 9.59 Å². The number of unbranched alkanes of at least 4 members (excludes halogenated alkanes) is 1. The Bertz CT molecular complexity index is 835. The SMILES string of the molecule is CCCCC(=O)N(CC#Cc1ccc(OCC(=O)OCC)cc1)c1ccccc1. The molecule has 0 saturated heterocycles. The van der Waals surface area contributed by atoms with Crippen molar-refractivity contribution in [2.45, 2.75) is 33.1 Å². The summed E-state index contributed by atoms with van der Waals surface area (Å²) in [5, 5.41) is 0. The van der Waals surface area contributed by atoms with E-state index in [1.807, 2.05) is 42.5 Å². The molecule has 5 heteroatoms. The summed E-state index contributed by atoms with van der Waals surface area (Å²) in [4.78, 5) is 25.6. The van der Waals surface area contributed by atoms with Crippen LogP contribution in [0.3, 0.4) is 0 Å². The molecule has 0 atom stereocenters. The molecule has 1 amide bonds. The van der Waals surface area contributed by atoms with Gasteiger partial charge in [-0.1, -0.05) is 43.4 Å². The van der Waals surface area contributed by atoms with Crippen molar-refractivity contribution in [1.82, 2.24) is 0 Å². The maximum absolute atomic E-state index is 12.6. The fraction of sp³-hybridized carbons (Fsp3) is 0.333. The summed E-state index contributed by atoms with van der Waals surface area (Å²) in [6, 6.07) is 16.7. The van der Waals surface area contributed by atoms with Gasteiger partial charge in [0.25, 0.3) is 0 Å². The van der Waals surface area contributed by atoms with Crippen molar-refractivity contribution in [2.75, 3.05) is 24.7 Å². The molecule has 0 aliphatic heterocycles. The fourth-order valence-electron chi connectivity index (χ4n) is 2.59. The second-order valence-electron chi connectivity index (χ2n) is 6.34. The maximum Gasteiger partial charge on any atom is 0.344 e. The summed E-state index contributed by atoms with van der Waals surface area (Å²) in [6.45, 7) is 4.36. The molecule has 2 aromatic carbocycles. The van der Waals surface area contributed by atoms with Crippen molar-refractivity contribution < 1.29 is 19.1 Å². The van der Waals surface area contributed by atoms with Gasteiger partial charge in [-0.3, -0.25) is 4.79 Å². The first kappa shape index (κ1) is 22.0. The Morgan fingerprint density at radius 3 is 2.38 bits per heavy atom. The Morgan fingerprint density at radius 1 is 1.00 bits per heavy atom. The average Bonchev–Trinajstić information content (AvgIpc) is 2.75. The van der Waals surface area contributed by atoms with E-state index in [0.29, 0.717) is 25.3 Å². The number of carbonyl (C=O) groups excluding carboxylic acids is 2. The van der Waals surface area contributed by atoms with Gasteiger partial charge < -0.3 is 14.4 Å². The van der Waals surface area contributed by atoms with Crippen molar-refractivity contribution in [3.63, 3.8) is 0 Å². The highest BCUT2D eigenvalue weighted by Crippen LogP contribution is 2.15. The summed E-state index contributed by atoms with van der Waals surface area (Å²) < 4.78 is 10.2. The highest BCUT2D eigenvalue weighted by molar-refractivity contribution is 5.93. The van der Waals surface area contributed by atoms with Gasteiger partial charge in [0.05, 0.1) is 13.2 Å². The van der Waals surface area contributed by atoms with Gasteiger partial charge in [-0.25, -0.2) is 4.79 Å². The molecule has 0 spiro atoms. The summed E-state index contributed by atoms with van der Waals surface area (Å²) >= 11 is 0. The molecule has 0 bridgehead atoms. The molecule has 0 saturated carbocycles. The standard InChI is InChI=1S/C24H27NO4/c1-3-5-13-23(26)25(21-11-7-6-8-12-21)18-9-10-20-14-16-22(17-15-20)29-19-24(27)28-4-2/h6-8,11-12,14-17H,3-5,13,18-19H2,1-2H3. The van der Waals surface area contributed by atoms with E-state index in [1.165, 1.54) is 0 Å². The lowest BCUT2D eigenvalue weighted by molar-refractivity contribution is -0.145. The number of anilines is 1. The highest BCUT2D eigenvalue weighted by Gasteiger charge is 2.13. The Labute approximate surface area is 172 Å². The molecule has 152 valence electrons. The number of esters is 1. The molecule has 0 fully saturated rings. The van der Waals surface area contributed by atoms with E-state index >= 15 is 0 Å². The molecule has 5 nitrogen and oxygen atoms in total. The van der Waals surface area contributed by atoms with E-state index in [-0.39, 0.29) is 12.5 Å². The number of ether oxygens (including phenoxy) is 2. The zero-order chi connectivity index (χ0) is 20.9. The van der Waals surface area contributed by atoms with Crippen LogP contribution in [0.1, 0.15) is 38.7 Å². The molecule has 2 rings (SSSR count). The third-order valence-corrected chi connectivity index (χ3v) is 4.10. The van der Waals surface area contributed by atoms with Gasteiger partial charge in [0.15, 0.2) is 6.61 Å². The normalized spacial score (nSPS) is 9.86. The van der Waals surface area contributed by atoms with Crippen LogP contribution in [-0.2, 0) is 14.3 Å². The predicted molar refractivity (Wildman–Crippen MR) is 114 cm³/mol. The number of benzene rings is 2. The zero-order valence-corrected chi connectivity index (χ0v) is 17.0. The highest BCUT2D eigenvalue weighted by atomic mass is 16.6. The molecular weight excluding hydrogens is 366 g/mol. The number of hydrogen-bond donors (Lipinski definition) is 0. The van der Waals surface area contributed by atoms with E-state index < -0.39 is 5.97 Å². The van der Waals surface area contributed by atoms with Crippen LogP contribution in [0, 0.1) is 11.8 Å². The van der Waals surface area contributed by atoms with Gasteiger partial charge in [0, 0.05) is 17.7 Å². The third kappa shape index (κ3) is 7.71. The first-order valence-corrected chi connectivity index (χ1v) is 9.86. The van der Waals surface area contributed by atoms with Gasteiger partial charge in [0.1, 0.15) is 5.75 Å². The molecule has 0 N–H and O–H groups in total. The van der Waals surface area contributed by atoms with Crippen LogP contribution in [0.2, 0.25) is 0 Å². The number of para-hydroxylation sites is 1.